The van der Waals surface area contributed by atoms with Crippen LogP contribution in [0.25, 0.3) is 5.69 Å². The zero-order chi connectivity index (χ0) is 16.2. The first-order valence-electron chi connectivity index (χ1n) is 6.92. The maximum atomic E-state index is 11.1. The Balaban J connectivity index is 1.70. The number of nitrogens with one attached hydrogen (secondary N) is 1. The summed E-state index contributed by atoms with van der Waals surface area (Å²) in [5.41, 5.74) is 7.28. The molecule has 116 valence electrons. The largest absolute Gasteiger partial charge is 0.366 e. The van der Waals surface area contributed by atoms with Gasteiger partial charge in [-0.3, -0.25) is 4.79 Å². The van der Waals surface area contributed by atoms with E-state index < -0.39 is 5.91 Å². The number of nitrogens with zero attached hydrogens (tertiary/aromatic N) is 3. The molecule has 0 aliphatic carbocycles. The normalized spacial score (nSPS) is 10.5. The van der Waals surface area contributed by atoms with Crippen molar-refractivity contribution >= 4 is 23.3 Å². The van der Waals surface area contributed by atoms with E-state index in [0.717, 1.165) is 11.4 Å². The van der Waals surface area contributed by atoms with Crippen LogP contribution in [0.5, 0.6) is 0 Å². The van der Waals surface area contributed by atoms with Crippen molar-refractivity contribution in [3.05, 3.63) is 71.1 Å². The highest BCUT2D eigenvalue weighted by molar-refractivity contribution is 6.33. The van der Waals surface area contributed by atoms with Gasteiger partial charge in [-0.15, -0.1) is 0 Å². The molecule has 1 aromatic carbocycles. The molecule has 1 amide bonds. The van der Waals surface area contributed by atoms with Crippen LogP contribution in [0.1, 0.15) is 16.1 Å². The standard InChI is InChI=1S/C16H14ClN5O/c17-14-8-11(15(18)23)9-19-16(14)20-10-12-6-7-22(21-12)13-4-2-1-3-5-13/h1-9H,10H2,(H2,18,23)(H,19,20). The summed E-state index contributed by atoms with van der Waals surface area (Å²) >= 11 is 6.08. The van der Waals surface area contributed by atoms with E-state index in [1.807, 2.05) is 42.6 Å². The summed E-state index contributed by atoms with van der Waals surface area (Å²) in [6, 6.07) is 13.2. The number of nitrogens with two attached hydrogens (primary N) is 1. The second kappa shape index (κ2) is 6.50. The highest BCUT2D eigenvalue weighted by atomic mass is 35.5. The molecule has 3 aromatic rings. The van der Waals surface area contributed by atoms with Gasteiger partial charge in [0.25, 0.3) is 0 Å². The summed E-state index contributed by atoms with van der Waals surface area (Å²) in [7, 11) is 0. The fourth-order valence-corrected chi connectivity index (χ4v) is 2.29. The zero-order valence-electron chi connectivity index (χ0n) is 12.1. The van der Waals surface area contributed by atoms with Gasteiger partial charge in [-0.25, -0.2) is 9.67 Å². The summed E-state index contributed by atoms with van der Waals surface area (Å²) in [5.74, 6) is -0.0847. The second-order valence-electron chi connectivity index (χ2n) is 4.86. The topological polar surface area (TPSA) is 85.8 Å². The van der Waals surface area contributed by atoms with Gasteiger partial charge in [0.05, 0.1) is 28.5 Å². The molecule has 0 aliphatic heterocycles. The van der Waals surface area contributed by atoms with Gasteiger partial charge >= 0.3 is 0 Å². The fourth-order valence-electron chi connectivity index (χ4n) is 2.06. The van der Waals surface area contributed by atoms with Crippen LogP contribution in [0.3, 0.4) is 0 Å². The third-order valence-electron chi connectivity index (χ3n) is 3.23. The van der Waals surface area contributed by atoms with Gasteiger partial charge in [0.1, 0.15) is 5.82 Å². The number of carbonyl (C=O) groups is 1. The minimum Gasteiger partial charge on any atom is -0.366 e. The number of anilines is 1. The Morgan fingerprint density at radius 3 is 2.74 bits per heavy atom. The number of pyridine rings is 1. The molecule has 2 heterocycles. The van der Waals surface area contributed by atoms with Crippen molar-refractivity contribution in [1.29, 1.82) is 0 Å². The van der Waals surface area contributed by atoms with E-state index >= 15 is 0 Å². The summed E-state index contributed by atoms with van der Waals surface area (Å²) in [6.07, 6.45) is 3.27. The zero-order valence-corrected chi connectivity index (χ0v) is 12.9. The number of hydrogen-bond acceptors (Lipinski definition) is 4. The number of aromatic nitrogens is 3. The van der Waals surface area contributed by atoms with Crippen molar-refractivity contribution in [3.63, 3.8) is 0 Å². The number of rotatable bonds is 5. The average molecular weight is 328 g/mol. The van der Waals surface area contributed by atoms with E-state index in [1.54, 1.807) is 4.68 Å². The molecule has 0 spiro atoms. The number of benzene rings is 1. The summed E-state index contributed by atoms with van der Waals surface area (Å²) < 4.78 is 1.79. The molecule has 6 nitrogen and oxygen atoms in total. The average Bonchev–Trinajstić information content (AvgIpc) is 3.03. The molecule has 7 heteroatoms. The molecule has 0 fully saturated rings. The maximum absolute atomic E-state index is 11.1. The Hall–Kier alpha value is -2.86. The lowest BCUT2D eigenvalue weighted by Gasteiger charge is -2.06. The summed E-state index contributed by atoms with van der Waals surface area (Å²) in [4.78, 5) is 15.2. The molecular weight excluding hydrogens is 314 g/mol. The first-order chi connectivity index (χ1) is 11.1. The first kappa shape index (κ1) is 15.1. The van der Waals surface area contributed by atoms with Crippen molar-refractivity contribution < 1.29 is 4.79 Å². The Morgan fingerprint density at radius 1 is 1.26 bits per heavy atom. The maximum Gasteiger partial charge on any atom is 0.250 e. The predicted octanol–water partition coefficient (Wildman–Crippen LogP) is 2.63. The molecule has 0 bridgehead atoms. The van der Waals surface area contributed by atoms with Crippen molar-refractivity contribution in [3.8, 4) is 5.69 Å². The molecule has 2 aromatic heterocycles. The van der Waals surface area contributed by atoms with E-state index in [1.165, 1.54) is 12.3 Å². The van der Waals surface area contributed by atoms with Crippen molar-refractivity contribution in [1.82, 2.24) is 14.8 Å². The Morgan fingerprint density at radius 2 is 2.04 bits per heavy atom. The molecule has 0 radical (unpaired) electrons. The van der Waals surface area contributed by atoms with Gasteiger partial charge in [-0.2, -0.15) is 5.10 Å². The van der Waals surface area contributed by atoms with Crippen LogP contribution in [-0.4, -0.2) is 20.7 Å². The molecule has 0 atom stereocenters. The predicted molar refractivity (Wildman–Crippen MR) is 88.7 cm³/mol. The minimum atomic E-state index is -0.562. The van der Waals surface area contributed by atoms with E-state index in [9.17, 15) is 4.79 Å². The SMILES string of the molecule is NC(=O)c1cnc(NCc2ccn(-c3ccccc3)n2)c(Cl)c1. The first-order valence-corrected chi connectivity index (χ1v) is 7.30. The monoisotopic (exact) mass is 327 g/mol. The number of hydrogen-bond donors (Lipinski definition) is 2. The van der Waals surface area contributed by atoms with E-state index in [-0.39, 0.29) is 5.56 Å². The van der Waals surface area contributed by atoms with Crippen molar-refractivity contribution in [2.45, 2.75) is 6.54 Å². The number of para-hydroxylation sites is 1. The Labute approximate surface area is 137 Å². The molecule has 0 aliphatic rings. The minimum absolute atomic E-state index is 0.272. The third-order valence-corrected chi connectivity index (χ3v) is 3.52. The Kier molecular flexibility index (Phi) is 4.25. The van der Waals surface area contributed by atoms with Crippen molar-refractivity contribution in [2.75, 3.05) is 5.32 Å². The Bertz CT molecular complexity index is 831. The van der Waals surface area contributed by atoms with Crippen LogP contribution >= 0.6 is 11.6 Å². The van der Waals surface area contributed by atoms with E-state index in [4.69, 9.17) is 17.3 Å². The van der Waals surface area contributed by atoms with Crippen LogP contribution in [0.4, 0.5) is 5.82 Å². The smallest absolute Gasteiger partial charge is 0.250 e. The second-order valence-corrected chi connectivity index (χ2v) is 5.27. The fraction of sp³-hybridized carbons (Fsp3) is 0.0625. The lowest BCUT2D eigenvalue weighted by molar-refractivity contribution is 0.1000. The summed E-state index contributed by atoms with van der Waals surface area (Å²) in [5, 5.41) is 7.91. The number of carbonyl (C=O) groups excluding carboxylic acids is 1. The molecule has 0 saturated heterocycles. The molecule has 0 saturated carbocycles. The molecule has 3 rings (SSSR count). The lowest BCUT2D eigenvalue weighted by atomic mass is 10.2. The number of amides is 1. The lowest BCUT2D eigenvalue weighted by Crippen LogP contribution is -2.12. The van der Waals surface area contributed by atoms with Crippen LogP contribution in [0.2, 0.25) is 5.02 Å². The highest BCUT2D eigenvalue weighted by Crippen LogP contribution is 2.20. The van der Waals surface area contributed by atoms with Crippen LogP contribution in [0, 0.1) is 0 Å². The van der Waals surface area contributed by atoms with Crippen LogP contribution < -0.4 is 11.1 Å². The van der Waals surface area contributed by atoms with Crippen molar-refractivity contribution in [2.24, 2.45) is 5.73 Å². The summed E-state index contributed by atoms with van der Waals surface area (Å²) in [6.45, 7) is 0.461. The van der Waals surface area contributed by atoms with Crippen LogP contribution in [0.15, 0.2) is 54.9 Å². The van der Waals surface area contributed by atoms with Crippen LogP contribution in [-0.2, 0) is 6.54 Å². The van der Waals surface area contributed by atoms with E-state index in [2.05, 4.69) is 15.4 Å². The van der Waals surface area contributed by atoms with Gasteiger partial charge in [0, 0.05) is 12.4 Å². The molecule has 0 unspecified atom stereocenters. The molecule has 23 heavy (non-hydrogen) atoms. The van der Waals surface area contributed by atoms with Gasteiger partial charge < -0.3 is 11.1 Å². The number of primary amides is 1. The third kappa shape index (κ3) is 3.49. The highest BCUT2D eigenvalue weighted by Gasteiger charge is 2.08. The quantitative estimate of drug-likeness (QED) is 0.754. The number of halogens is 1. The van der Waals surface area contributed by atoms with Gasteiger partial charge in [0.15, 0.2) is 0 Å². The molecular formula is C16H14ClN5O. The van der Waals surface area contributed by atoms with Gasteiger partial charge in [0.2, 0.25) is 5.91 Å². The van der Waals surface area contributed by atoms with E-state index in [0.29, 0.717) is 17.4 Å². The molecule has 3 N–H and O–H groups in total. The van der Waals surface area contributed by atoms with Gasteiger partial charge in [-0.1, -0.05) is 29.8 Å². The van der Waals surface area contributed by atoms with Gasteiger partial charge in [-0.05, 0) is 24.3 Å².